The number of aromatic nitrogens is 1. The highest BCUT2D eigenvalue weighted by Gasteiger charge is 2.03. The van der Waals surface area contributed by atoms with E-state index < -0.39 is 11.6 Å². The fourth-order valence-corrected chi connectivity index (χ4v) is 0.553. The fraction of sp³-hybridized carbons (Fsp3) is 0. The lowest BCUT2D eigenvalue weighted by Gasteiger charge is -1.93. The van der Waals surface area contributed by atoms with Gasteiger partial charge in [0.1, 0.15) is 0 Å². The van der Waals surface area contributed by atoms with E-state index in [1.54, 1.807) is 0 Å². The summed E-state index contributed by atoms with van der Waals surface area (Å²) < 4.78 is 12.2. The third-order valence-corrected chi connectivity index (χ3v) is 1.11. The van der Waals surface area contributed by atoms with Crippen molar-refractivity contribution in [2.45, 2.75) is 0 Å². The van der Waals surface area contributed by atoms with Crippen LogP contribution >= 0.6 is 11.6 Å². The molecule has 0 saturated heterocycles. The summed E-state index contributed by atoms with van der Waals surface area (Å²) in [6.45, 7) is 0. The first kappa shape index (κ1) is 6.29. The quantitative estimate of drug-likeness (QED) is 0.566. The smallest absolute Gasteiger partial charge is 0.189 e. The van der Waals surface area contributed by atoms with Crippen LogP contribution in [-0.2, 0) is 0 Å². The van der Waals surface area contributed by atoms with Gasteiger partial charge in [0.2, 0.25) is 0 Å². The third kappa shape index (κ3) is 1.10. The molecule has 9 heavy (non-hydrogen) atoms. The minimum atomic E-state index is -0.755. The molecule has 1 aromatic heterocycles. The minimum Gasteiger partial charge on any atom is -0.503 e. The van der Waals surface area contributed by atoms with Gasteiger partial charge in [-0.25, -0.2) is 9.37 Å². The molecular weight excluding hydrogens is 145 g/mol. The molecule has 1 heterocycles. The van der Waals surface area contributed by atoms with E-state index in [1.807, 2.05) is 0 Å². The van der Waals surface area contributed by atoms with Crippen molar-refractivity contribution in [2.24, 2.45) is 0 Å². The van der Waals surface area contributed by atoms with E-state index >= 15 is 0 Å². The van der Waals surface area contributed by atoms with Crippen molar-refractivity contribution in [1.82, 2.24) is 4.98 Å². The average Bonchev–Trinajstić information content (AvgIpc) is 1.83. The summed E-state index contributed by atoms with van der Waals surface area (Å²) in [5.74, 6) is -1.35. The fourth-order valence-electron chi connectivity index (χ4n) is 0.407. The predicted molar refractivity (Wildman–Crippen MR) is 30.9 cm³/mol. The van der Waals surface area contributed by atoms with Crippen molar-refractivity contribution in [3.63, 3.8) is 0 Å². The first-order chi connectivity index (χ1) is 4.22. The van der Waals surface area contributed by atoms with Gasteiger partial charge in [-0.2, -0.15) is 0 Å². The van der Waals surface area contributed by atoms with Gasteiger partial charge in [0.15, 0.2) is 16.7 Å². The monoisotopic (exact) mass is 147 g/mol. The largest absolute Gasteiger partial charge is 0.503 e. The maximum atomic E-state index is 12.2. The first-order valence-corrected chi connectivity index (χ1v) is 2.58. The summed E-state index contributed by atoms with van der Waals surface area (Å²) in [7, 11) is 0. The highest BCUT2D eigenvalue weighted by atomic mass is 35.5. The Hall–Kier alpha value is -0.830. The lowest BCUT2D eigenvalue weighted by Crippen LogP contribution is -1.79. The van der Waals surface area contributed by atoms with Crippen molar-refractivity contribution >= 4 is 11.6 Å². The molecule has 2 nitrogen and oxygen atoms in total. The van der Waals surface area contributed by atoms with Gasteiger partial charge in [0, 0.05) is 6.20 Å². The Bertz CT molecular complexity index is 208. The van der Waals surface area contributed by atoms with Crippen LogP contribution in [0.2, 0.25) is 5.15 Å². The highest BCUT2D eigenvalue weighted by molar-refractivity contribution is 6.30. The second kappa shape index (κ2) is 2.19. The van der Waals surface area contributed by atoms with Crippen LogP contribution in [0, 0.1) is 5.82 Å². The van der Waals surface area contributed by atoms with Crippen LogP contribution in [0.1, 0.15) is 0 Å². The van der Waals surface area contributed by atoms with Gasteiger partial charge in [-0.05, 0) is 6.07 Å². The van der Waals surface area contributed by atoms with E-state index in [-0.39, 0.29) is 5.15 Å². The van der Waals surface area contributed by atoms with E-state index in [0.29, 0.717) is 0 Å². The van der Waals surface area contributed by atoms with Gasteiger partial charge in [-0.3, -0.25) is 0 Å². The number of nitrogens with zero attached hydrogens (tertiary/aromatic N) is 1. The van der Waals surface area contributed by atoms with Gasteiger partial charge >= 0.3 is 0 Å². The summed E-state index contributed by atoms with van der Waals surface area (Å²) in [6, 6.07) is 1.03. The van der Waals surface area contributed by atoms with Crippen LogP contribution in [0.3, 0.4) is 0 Å². The molecule has 0 amide bonds. The Kier molecular flexibility index (Phi) is 1.53. The van der Waals surface area contributed by atoms with E-state index in [0.717, 1.165) is 6.07 Å². The molecule has 1 rings (SSSR count). The Morgan fingerprint density at radius 2 is 2.33 bits per heavy atom. The zero-order valence-corrected chi connectivity index (χ0v) is 5.06. The van der Waals surface area contributed by atoms with Gasteiger partial charge in [0.05, 0.1) is 0 Å². The van der Waals surface area contributed by atoms with Crippen LogP contribution in [0.15, 0.2) is 12.3 Å². The summed E-state index contributed by atoms with van der Waals surface area (Å²) >= 11 is 5.21. The number of pyridine rings is 1. The Labute approximate surface area is 55.9 Å². The molecule has 0 aliphatic carbocycles. The normalized spacial score (nSPS) is 9.56. The van der Waals surface area contributed by atoms with Gasteiger partial charge in [0.25, 0.3) is 0 Å². The SMILES string of the molecule is Oc1c(F)ccnc1Cl. The predicted octanol–water partition coefficient (Wildman–Crippen LogP) is 1.58. The van der Waals surface area contributed by atoms with Gasteiger partial charge in [-0.1, -0.05) is 11.6 Å². The molecule has 48 valence electrons. The molecule has 0 aliphatic rings. The summed E-state index contributed by atoms with van der Waals surface area (Å²) in [6.07, 6.45) is 1.18. The van der Waals surface area contributed by atoms with Crippen LogP contribution in [0.25, 0.3) is 0 Å². The molecule has 1 aromatic rings. The molecule has 0 atom stereocenters. The Morgan fingerprint density at radius 1 is 1.67 bits per heavy atom. The average molecular weight is 148 g/mol. The zero-order chi connectivity index (χ0) is 6.85. The molecule has 0 unspecified atom stereocenters. The standard InChI is InChI=1S/C5H3ClFNO/c6-5-4(9)3(7)1-2-8-5/h1-2,9H. The number of halogens is 2. The van der Waals surface area contributed by atoms with Crippen LogP contribution < -0.4 is 0 Å². The number of aromatic hydroxyl groups is 1. The molecule has 0 aliphatic heterocycles. The lowest BCUT2D eigenvalue weighted by atomic mass is 10.4. The third-order valence-electron chi connectivity index (χ3n) is 0.830. The van der Waals surface area contributed by atoms with Crippen molar-refractivity contribution in [3.05, 3.63) is 23.2 Å². The minimum absolute atomic E-state index is 0.213. The molecule has 0 aromatic carbocycles. The summed E-state index contributed by atoms with van der Waals surface area (Å²) in [5.41, 5.74) is 0. The Morgan fingerprint density at radius 3 is 2.78 bits per heavy atom. The molecule has 4 heteroatoms. The van der Waals surface area contributed by atoms with E-state index in [2.05, 4.69) is 4.98 Å². The zero-order valence-electron chi connectivity index (χ0n) is 4.31. The van der Waals surface area contributed by atoms with Crippen molar-refractivity contribution < 1.29 is 9.50 Å². The number of hydrogen-bond acceptors (Lipinski definition) is 2. The lowest BCUT2D eigenvalue weighted by molar-refractivity contribution is 0.430. The van der Waals surface area contributed by atoms with Crippen molar-refractivity contribution in [3.8, 4) is 5.75 Å². The van der Waals surface area contributed by atoms with Crippen molar-refractivity contribution in [2.75, 3.05) is 0 Å². The first-order valence-electron chi connectivity index (χ1n) is 2.21. The van der Waals surface area contributed by atoms with E-state index in [4.69, 9.17) is 16.7 Å². The second-order valence-corrected chi connectivity index (χ2v) is 1.79. The van der Waals surface area contributed by atoms with Crippen LogP contribution in [0.4, 0.5) is 4.39 Å². The number of hydrogen-bond donors (Lipinski definition) is 1. The van der Waals surface area contributed by atoms with E-state index in [1.165, 1.54) is 6.20 Å². The van der Waals surface area contributed by atoms with Crippen LogP contribution in [-0.4, -0.2) is 10.1 Å². The van der Waals surface area contributed by atoms with Crippen molar-refractivity contribution in [1.29, 1.82) is 0 Å². The molecular formula is C5H3ClFNO. The Balaban J connectivity index is 3.25. The van der Waals surface area contributed by atoms with Gasteiger partial charge in [-0.15, -0.1) is 0 Å². The topological polar surface area (TPSA) is 33.1 Å². The molecule has 1 N–H and O–H groups in total. The summed E-state index contributed by atoms with van der Waals surface area (Å²) in [4.78, 5) is 3.41. The van der Waals surface area contributed by atoms with Gasteiger partial charge < -0.3 is 5.11 Å². The maximum absolute atomic E-state index is 12.2. The van der Waals surface area contributed by atoms with Crippen LogP contribution in [0.5, 0.6) is 5.75 Å². The molecule has 0 fully saturated rings. The van der Waals surface area contributed by atoms with E-state index in [9.17, 15) is 4.39 Å². The molecule has 0 spiro atoms. The maximum Gasteiger partial charge on any atom is 0.189 e. The molecule has 0 bridgehead atoms. The molecule has 0 radical (unpaired) electrons. The molecule has 0 saturated carbocycles. The number of rotatable bonds is 0. The summed E-state index contributed by atoms with van der Waals surface area (Å²) in [5, 5.41) is 8.42. The highest BCUT2D eigenvalue weighted by Crippen LogP contribution is 2.21. The second-order valence-electron chi connectivity index (χ2n) is 1.43.